The summed E-state index contributed by atoms with van der Waals surface area (Å²) in [7, 11) is -3.51. The maximum atomic E-state index is 13.2. The van der Waals surface area contributed by atoms with E-state index in [4.69, 9.17) is 0 Å². The Balaban J connectivity index is 1.64. The molecule has 0 bridgehead atoms. The predicted octanol–water partition coefficient (Wildman–Crippen LogP) is 1.29. The van der Waals surface area contributed by atoms with Crippen LogP contribution in [0.5, 0.6) is 0 Å². The SMILES string of the molecule is Cc1cc(C)c(S(=O)(=O)N2CC[NH+](CC(=O)N3[C@H](C)CCC[C@@H]3C)CC2)c(C)c1. The van der Waals surface area contributed by atoms with Crippen molar-refractivity contribution < 1.29 is 18.1 Å². The topological polar surface area (TPSA) is 62.1 Å². The maximum Gasteiger partial charge on any atom is 0.278 e. The smallest absolute Gasteiger partial charge is 0.278 e. The van der Waals surface area contributed by atoms with E-state index in [0.717, 1.165) is 29.5 Å². The van der Waals surface area contributed by atoms with Crippen molar-refractivity contribution in [2.45, 2.75) is 70.9 Å². The number of nitrogens with zero attached hydrogens (tertiary/aromatic N) is 2. The number of rotatable bonds is 4. The number of amides is 1. The number of hydrogen-bond donors (Lipinski definition) is 1. The van der Waals surface area contributed by atoms with Crippen LogP contribution in [0.3, 0.4) is 0 Å². The Kier molecular flexibility index (Phi) is 6.70. The first-order chi connectivity index (χ1) is 13.6. The molecule has 0 aliphatic carbocycles. The van der Waals surface area contributed by atoms with Crippen LogP contribution in [0, 0.1) is 20.8 Å². The second-order valence-corrected chi connectivity index (χ2v) is 10.9. The van der Waals surface area contributed by atoms with Crippen molar-refractivity contribution in [2.75, 3.05) is 32.7 Å². The van der Waals surface area contributed by atoms with Gasteiger partial charge in [0.2, 0.25) is 10.0 Å². The van der Waals surface area contributed by atoms with Crippen LogP contribution in [0.1, 0.15) is 49.8 Å². The number of likely N-dealkylation sites (tertiary alicyclic amines) is 1. The van der Waals surface area contributed by atoms with E-state index in [1.165, 1.54) is 11.3 Å². The van der Waals surface area contributed by atoms with Crippen LogP contribution in [0.25, 0.3) is 0 Å². The third-order valence-electron chi connectivity index (χ3n) is 6.51. The van der Waals surface area contributed by atoms with Crippen LogP contribution in [0.2, 0.25) is 0 Å². The summed E-state index contributed by atoms with van der Waals surface area (Å²) in [5, 5.41) is 0. The summed E-state index contributed by atoms with van der Waals surface area (Å²) < 4.78 is 28.1. The highest BCUT2D eigenvalue weighted by Crippen LogP contribution is 2.25. The molecular formula is C22H36N3O3S+. The summed E-state index contributed by atoms with van der Waals surface area (Å²) in [6.45, 7) is 12.7. The van der Waals surface area contributed by atoms with Crippen LogP contribution >= 0.6 is 0 Å². The molecule has 0 saturated carbocycles. The zero-order valence-corrected chi connectivity index (χ0v) is 19.3. The van der Waals surface area contributed by atoms with E-state index < -0.39 is 10.0 Å². The molecular weight excluding hydrogens is 386 g/mol. The van der Waals surface area contributed by atoms with Gasteiger partial charge in [-0.05, 0) is 65.0 Å². The van der Waals surface area contributed by atoms with E-state index in [9.17, 15) is 13.2 Å². The minimum atomic E-state index is -3.51. The van der Waals surface area contributed by atoms with E-state index in [1.54, 1.807) is 4.31 Å². The summed E-state index contributed by atoms with van der Waals surface area (Å²) >= 11 is 0. The zero-order valence-electron chi connectivity index (χ0n) is 18.5. The van der Waals surface area contributed by atoms with E-state index >= 15 is 0 Å². The van der Waals surface area contributed by atoms with Crippen molar-refractivity contribution in [3.05, 3.63) is 28.8 Å². The van der Waals surface area contributed by atoms with Crippen molar-refractivity contribution in [2.24, 2.45) is 0 Å². The van der Waals surface area contributed by atoms with Crippen molar-refractivity contribution in [1.82, 2.24) is 9.21 Å². The number of benzene rings is 1. The molecule has 2 atom stereocenters. The van der Waals surface area contributed by atoms with Gasteiger partial charge in [-0.25, -0.2) is 8.42 Å². The van der Waals surface area contributed by atoms with Gasteiger partial charge in [0.15, 0.2) is 6.54 Å². The molecule has 2 aliphatic heterocycles. The number of nitrogens with one attached hydrogen (secondary N) is 1. The van der Waals surface area contributed by atoms with Gasteiger partial charge in [0.05, 0.1) is 31.1 Å². The Morgan fingerprint density at radius 2 is 1.55 bits per heavy atom. The molecule has 0 unspecified atom stereocenters. The number of carbonyl (C=O) groups is 1. The number of aryl methyl sites for hydroxylation is 3. The van der Waals surface area contributed by atoms with Gasteiger partial charge in [-0.3, -0.25) is 4.79 Å². The second kappa shape index (κ2) is 8.74. The molecule has 0 spiro atoms. The van der Waals surface area contributed by atoms with Gasteiger partial charge in [-0.15, -0.1) is 0 Å². The molecule has 7 heteroatoms. The second-order valence-electron chi connectivity index (χ2n) is 8.99. The maximum absolute atomic E-state index is 13.2. The average molecular weight is 423 g/mol. The molecule has 29 heavy (non-hydrogen) atoms. The monoisotopic (exact) mass is 422 g/mol. The number of piperidine rings is 1. The van der Waals surface area contributed by atoms with Crippen LogP contribution in [-0.2, 0) is 14.8 Å². The Morgan fingerprint density at radius 1 is 1.03 bits per heavy atom. The summed E-state index contributed by atoms with van der Waals surface area (Å²) in [6.07, 6.45) is 3.34. The Labute approximate surface area is 175 Å². The van der Waals surface area contributed by atoms with Gasteiger partial charge in [0.25, 0.3) is 5.91 Å². The highest BCUT2D eigenvalue weighted by atomic mass is 32.2. The number of carbonyl (C=O) groups excluding carboxylic acids is 1. The number of hydrogen-bond acceptors (Lipinski definition) is 3. The molecule has 1 N–H and O–H groups in total. The molecule has 1 aromatic rings. The molecule has 1 aromatic carbocycles. The fraction of sp³-hybridized carbons (Fsp3) is 0.682. The predicted molar refractivity (Wildman–Crippen MR) is 115 cm³/mol. The largest absolute Gasteiger partial charge is 0.332 e. The van der Waals surface area contributed by atoms with Crippen molar-refractivity contribution >= 4 is 15.9 Å². The first-order valence-electron chi connectivity index (χ1n) is 10.8. The molecule has 0 aromatic heterocycles. The Hall–Kier alpha value is -1.44. The third-order valence-corrected chi connectivity index (χ3v) is 8.72. The lowest BCUT2D eigenvalue weighted by molar-refractivity contribution is -0.896. The highest BCUT2D eigenvalue weighted by molar-refractivity contribution is 7.89. The summed E-state index contributed by atoms with van der Waals surface area (Å²) in [5.41, 5.74) is 2.69. The summed E-state index contributed by atoms with van der Waals surface area (Å²) in [4.78, 5) is 16.6. The van der Waals surface area contributed by atoms with Gasteiger partial charge in [0.1, 0.15) is 0 Å². The fourth-order valence-corrected chi connectivity index (χ4v) is 6.99. The van der Waals surface area contributed by atoms with Gasteiger partial charge in [-0.2, -0.15) is 4.31 Å². The van der Waals surface area contributed by atoms with Crippen LogP contribution in [0.15, 0.2) is 17.0 Å². The minimum Gasteiger partial charge on any atom is -0.332 e. The van der Waals surface area contributed by atoms with Gasteiger partial charge >= 0.3 is 0 Å². The average Bonchev–Trinajstić information content (AvgIpc) is 2.60. The van der Waals surface area contributed by atoms with Crippen molar-refractivity contribution in [1.29, 1.82) is 0 Å². The molecule has 1 amide bonds. The quantitative estimate of drug-likeness (QED) is 0.795. The summed E-state index contributed by atoms with van der Waals surface area (Å²) in [5.74, 6) is 0.209. The normalized spacial score (nSPS) is 24.7. The molecule has 3 rings (SSSR count). The molecule has 2 fully saturated rings. The lowest BCUT2D eigenvalue weighted by Crippen LogP contribution is -3.16. The van der Waals surface area contributed by atoms with E-state index in [0.29, 0.717) is 49.7 Å². The van der Waals surface area contributed by atoms with E-state index in [-0.39, 0.29) is 5.91 Å². The third kappa shape index (κ3) is 4.67. The fourth-order valence-electron chi connectivity index (χ4n) is 5.14. The lowest BCUT2D eigenvalue weighted by Gasteiger charge is -2.40. The Bertz CT molecular complexity index is 827. The number of sulfonamides is 1. The molecule has 2 heterocycles. The molecule has 162 valence electrons. The molecule has 2 saturated heterocycles. The van der Waals surface area contributed by atoms with E-state index in [2.05, 4.69) is 18.7 Å². The van der Waals surface area contributed by atoms with Crippen LogP contribution < -0.4 is 4.90 Å². The van der Waals surface area contributed by atoms with Gasteiger partial charge in [-0.1, -0.05) is 17.7 Å². The molecule has 2 aliphatic rings. The van der Waals surface area contributed by atoms with Gasteiger partial charge in [0, 0.05) is 12.1 Å². The van der Waals surface area contributed by atoms with Gasteiger partial charge < -0.3 is 9.80 Å². The lowest BCUT2D eigenvalue weighted by atomic mass is 9.97. The molecule has 0 radical (unpaired) electrons. The van der Waals surface area contributed by atoms with Crippen LogP contribution in [-0.4, -0.2) is 68.3 Å². The first-order valence-corrected chi connectivity index (χ1v) is 12.3. The molecule has 6 nitrogen and oxygen atoms in total. The summed E-state index contributed by atoms with van der Waals surface area (Å²) in [6, 6.07) is 4.47. The highest BCUT2D eigenvalue weighted by Gasteiger charge is 2.35. The zero-order chi connectivity index (χ0) is 21.3. The van der Waals surface area contributed by atoms with E-state index in [1.807, 2.05) is 32.9 Å². The minimum absolute atomic E-state index is 0.209. The van der Waals surface area contributed by atoms with Crippen LogP contribution in [0.4, 0.5) is 0 Å². The number of piperazine rings is 1. The number of quaternary nitrogens is 1. The van der Waals surface area contributed by atoms with Crippen molar-refractivity contribution in [3.63, 3.8) is 0 Å². The Morgan fingerprint density at radius 3 is 2.07 bits per heavy atom. The van der Waals surface area contributed by atoms with Crippen molar-refractivity contribution in [3.8, 4) is 0 Å². The first kappa shape index (κ1) is 22.2. The standard InChI is InChI=1S/C22H35N3O3S/c1-16-13-17(2)22(18(3)14-16)29(27,28)24-11-9-23(10-12-24)15-21(26)25-19(4)7-6-8-20(25)5/h13-14,19-20H,6-12,15H2,1-5H3/p+1/t19-,20+.